The summed E-state index contributed by atoms with van der Waals surface area (Å²) in [6.07, 6.45) is 1.22. The first-order chi connectivity index (χ1) is 15.2. The van der Waals surface area contributed by atoms with Crippen LogP contribution < -0.4 is 10.6 Å². The minimum atomic E-state index is -4.49. The maximum atomic E-state index is 12.6. The second-order valence-electron chi connectivity index (χ2n) is 6.77. The molecule has 0 fully saturated rings. The molecule has 4 aromatic heterocycles. The first-order valence-electron chi connectivity index (χ1n) is 9.37. The van der Waals surface area contributed by atoms with E-state index >= 15 is 0 Å². The molecule has 4 heterocycles. The molecule has 0 radical (unpaired) electrons. The van der Waals surface area contributed by atoms with Gasteiger partial charge in [-0.1, -0.05) is 17.4 Å². The lowest BCUT2D eigenvalue weighted by Gasteiger charge is -2.08. The van der Waals surface area contributed by atoms with Crippen molar-refractivity contribution < 1.29 is 18.0 Å². The molecule has 8 nitrogen and oxygen atoms in total. The molecule has 4 rings (SSSR count). The monoisotopic (exact) mass is 463 g/mol. The molecule has 0 aliphatic carbocycles. The Labute approximate surface area is 185 Å². The van der Waals surface area contributed by atoms with Gasteiger partial charge in [-0.05, 0) is 32.0 Å². The first kappa shape index (κ1) is 23.1. The Morgan fingerprint density at radius 3 is 2.69 bits per heavy atom. The van der Waals surface area contributed by atoms with E-state index in [1.165, 1.54) is 23.5 Å². The minimum absolute atomic E-state index is 0.0572. The van der Waals surface area contributed by atoms with Crippen LogP contribution in [0.5, 0.6) is 0 Å². The van der Waals surface area contributed by atoms with E-state index in [9.17, 15) is 18.0 Å². The molecule has 4 aromatic rings. The van der Waals surface area contributed by atoms with E-state index in [4.69, 9.17) is 0 Å². The molecular formula is C20H20F3N7OS. The lowest BCUT2D eigenvalue weighted by molar-refractivity contribution is -0.141. The number of amides is 1. The molecule has 0 aromatic carbocycles. The van der Waals surface area contributed by atoms with E-state index in [2.05, 4.69) is 30.6 Å². The van der Waals surface area contributed by atoms with Crippen molar-refractivity contribution in [2.24, 2.45) is 7.05 Å². The van der Waals surface area contributed by atoms with Crippen LogP contribution in [0.1, 0.15) is 29.2 Å². The summed E-state index contributed by atoms with van der Waals surface area (Å²) >= 11 is 1.22. The van der Waals surface area contributed by atoms with Crippen molar-refractivity contribution in [3.8, 4) is 0 Å². The Morgan fingerprint density at radius 2 is 1.97 bits per heavy atom. The van der Waals surface area contributed by atoms with Gasteiger partial charge in [0, 0.05) is 23.8 Å². The molecule has 12 heteroatoms. The summed E-state index contributed by atoms with van der Waals surface area (Å²) in [5.41, 5.74) is 2.15. The van der Waals surface area contributed by atoms with Gasteiger partial charge in [0.25, 0.3) is 0 Å². The second-order valence-corrected chi connectivity index (χ2v) is 7.84. The number of nitrogens with one attached hydrogen (secondary N) is 2. The van der Waals surface area contributed by atoms with Crippen molar-refractivity contribution in [2.45, 2.75) is 26.1 Å². The van der Waals surface area contributed by atoms with Gasteiger partial charge in [0.15, 0.2) is 5.13 Å². The van der Waals surface area contributed by atoms with Crippen LogP contribution in [0.15, 0.2) is 43.0 Å². The maximum Gasteiger partial charge on any atom is 0.433 e. The van der Waals surface area contributed by atoms with E-state index in [0.29, 0.717) is 11.5 Å². The van der Waals surface area contributed by atoms with Gasteiger partial charge in [-0.25, -0.2) is 15.0 Å². The van der Waals surface area contributed by atoms with Crippen LogP contribution in [0.2, 0.25) is 0 Å². The van der Waals surface area contributed by atoms with E-state index in [0.717, 1.165) is 27.7 Å². The number of anilines is 2. The molecular weight excluding hydrogens is 443 g/mol. The van der Waals surface area contributed by atoms with Gasteiger partial charge in [0.05, 0.1) is 24.1 Å². The number of pyridine rings is 2. The predicted octanol–water partition coefficient (Wildman–Crippen LogP) is 4.38. The van der Waals surface area contributed by atoms with Crippen LogP contribution in [0.25, 0.3) is 11.0 Å². The van der Waals surface area contributed by atoms with Crippen molar-refractivity contribution >= 4 is 39.7 Å². The Kier molecular flexibility index (Phi) is 7.03. The molecule has 1 atom stereocenters. The average molecular weight is 463 g/mol. The number of alkyl halides is 3. The summed E-state index contributed by atoms with van der Waals surface area (Å²) in [6, 6.07) is 5.40. The maximum absolute atomic E-state index is 12.6. The summed E-state index contributed by atoms with van der Waals surface area (Å²) in [7, 11) is 1.98. The largest absolute Gasteiger partial charge is 0.433 e. The lowest BCUT2D eigenvalue weighted by Crippen LogP contribution is -2.14. The van der Waals surface area contributed by atoms with Crippen LogP contribution in [0.4, 0.5) is 24.1 Å². The second kappa shape index (κ2) is 9.73. The topological polar surface area (TPSA) is 97.6 Å². The summed E-state index contributed by atoms with van der Waals surface area (Å²) < 4.78 is 39.7. The molecule has 1 unspecified atom stereocenters. The van der Waals surface area contributed by atoms with Gasteiger partial charge >= 0.3 is 6.18 Å². The van der Waals surface area contributed by atoms with Gasteiger partial charge in [-0.2, -0.15) is 13.2 Å². The van der Waals surface area contributed by atoms with Crippen molar-refractivity contribution in [3.63, 3.8) is 0 Å². The van der Waals surface area contributed by atoms with Crippen molar-refractivity contribution in [2.75, 3.05) is 5.32 Å². The van der Waals surface area contributed by atoms with Gasteiger partial charge < -0.3 is 15.2 Å². The van der Waals surface area contributed by atoms with Crippen LogP contribution >= 0.6 is 11.3 Å². The summed E-state index contributed by atoms with van der Waals surface area (Å²) in [5.74, 6) is 0.0572. The summed E-state index contributed by atoms with van der Waals surface area (Å²) in [6.45, 7) is 3.75. The molecule has 0 aliphatic heterocycles. The minimum Gasteiger partial charge on any atom is -0.351 e. The molecule has 2 N–H and O–H groups in total. The fraction of sp³-hybridized carbons (Fsp3) is 0.250. The van der Waals surface area contributed by atoms with E-state index < -0.39 is 11.9 Å². The number of carbonyl (C=O) groups excluding carboxylic acids is 1. The Balaban J connectivity index is 0.000000219. The van der Waals surface area contributed by atoms with E-state index in [-0.39, 0.29) is 11.9 Å². The number of hydrogen-bond donors (Lipinski definition) is 2. The van der Waals surface area contributed by atoms with E-state index in [1.54, 1.807) is 25.6 Å². The molecule has 0 saturated carbocycles. The Bertz CT molecular complexity index is 1210. The normalized spacial score (nSPS) is 12.1. The molecule has 0 aliphatic rings. The number of thiazole rings is 1. The zero-order valence-electron chi connectivity index (χ0n) is 17.4. The zero-order chi connectivity index (χ0) is 23.3. The highest BCUT2D eigenvalue weighted by Gasteiger charge is 2.32. The number of carbonyl (C=O) groups is 1. The Hall–Kier alpha value is -3.54. The zero-order valence-corrected chi connectivity index (χ0v) is 18.2. The highest BCUT2D eigenvalue weighted by atomic mass is 32.1. The third-order valence-electron chi connectivity index (χ3n) is 4.29. The third-order valence-corrected chi connectivity index (χ3v) is 5.39. The Morgan fingerprint density at radius 1 is 1.19 bits per heavy atom. The number of halogens is 3. The molecule has 32 heavy (non-hydrogen) atoms. The number of fused-ring (bicyclic) bond motifs is 1. The van der Waals surface area contributed by atoms with Gasteiger partial charge in [0.1, 0.15) is 17.0 Å². The van der Waals surface area contributed by atoms with Crippen LogP contribution in [-0.2, 0) is 18.0 Å². The number of hydrogen-bond acceptors (Lipinski definition) is 7. The molecule has 0 saturated heterocycles. The fourth-order valence-corrected chi connectivity index (χ4v) is 3.47. The molecule has 168 valence electrons. The summed E-state index contributed by atoms with van der Waals surface area (Å²) in [4.78, 5) is 27.0. The number of aryl methyl sites for hydroxylation is 2. The number of rotatable bonds is 5. The van der Waals surface area contributed by atoms with Gasteiger partial charge in [0.2, 0.25) is 6.41 Å². The average Bonchev–Trinajstić information content (AvgIpc) is 3.35. The third kappa shape index (κ3) is 5.78. The molecule has 0 spiro atoms. The highest BCUT2D eigenvalue weighted by molar-refractivity contribution is 7.15. The first-order valence-corrected chi connectivity index (χ1v) is 10.2. The quantitative estimate of drug-likeness (QED) is 0.426. The fourth-order valence-electron chi connectivity index (χ4n) is 2.63. The van der Waals surface area contributed by atoms with Crippen LogP contribution in [-0.4, -0.2) is 30.9 Å². The summed E-state index contributed by atoms with van der Waals surface area (Å²) in [5, 5.41) is 5.68. The van der Waals surface area contributed by atoms with Gasteiger partial charge in [-0.15, -0.1) is 0 Å². The predicted molar refractivity (Wildman–Crippen MR) is 115 cm³/mol. The van der Waals surface area contributed by atoms with E-state index in [1.807, 2.05) is 24.6 Å². The SMILES string of the molecule is CC(NC=O)c1cnc(Nc2cccc(C(F)(F)F)n2)s1.Cc1cc2c(cn1)ncn2C. The molecule has 0 bridgehead atoms. The van der Waals surface area contributed by atoms with Crippen molar-refractivity contribution in [1.29, 1.82) is 0 Å². The van der Waals surface area contributed by atoms with Crippen LogP contribution in [0.3, 0.4) is 0 Å². The number of aromatic nitrogens is 5. The highest BCUT2D eigenvalue weighted by Crippen LogP contribution is 2.30. The standard InChI is InChI=1S/C12H11F3N4OS.C8H9N3/c1-7(17-6-20)8-5-16-11(21-8)19-10-4-2-3-9(18-10)12(13,14)15;1-6-3-8-7(4-9-6)10-5-11(8)2/h2-7H,1H3,(H,17,20)(H,16,18,19);3-5H,1-2H3. The smallest absolute Gasteiger partial charge is 0.351 e. The van der Waals surface area contributed by atoms with Crippen molar-refractivity contribution in [3.05, 3.63) is 59.3 Å². The number of imidazole rings is 1. The van der Waals surface area contributed by atoms with Gasteiger partial charge in [-0.3, -0.25) is 9.78 Å². The van der Waals surface area contributed by atoms with Crippen molar-refractivity contribution in [1.82, 2.24) is 29.8 Å². The lowest BCUT2D eigenvalue weighted by atomic mass is 10.3. The number of nitrogens with zero attached hydrogens (tertiary/aromatic N) is 5. The van der Waals surface area contributed by atoms with Crippen LogP contribution in [0, 0.1) is 6.92 Å². The molecule has 1 amide bonds.